The van der Waals surface area contributed by atoms with E-state index < -0.39 is 0 Å². The number of hydrogen-bond acceptors (Lipinski definition) is 1. The van der Waals surface area contributed by atoms with Crippen LogP contribution in [-0.4, -0.2) is 18.6 Å². The van der Waals surface area contributed by atoms with Crippen LogP contribution in [0.3, 0.4) is 0 Å². The lowest BCUT2D eigenvalue weighted by Gasteiger charge is -2.17. The van der Waals surface area contributed by atoms with Gasteiger partial charge in [-0.1, -0.05) is 6.07 Å². The van der Waals surface area contributed by atoms with Crippen molar-refractivity contribution in [2.75, 3.05) is 18.5 Å². The zero-order valence-corrected chi connectivity index (χ0v) is 8.38. The van der Waals surface area contributed by atoms with E-state index in [0.29, 0.717) is 0 Å². The number of H-pyrrole nitrogens is 1. The van der Waals surface area contributed by atoms with Crippen molar-refractivity contribution in [2.45, 2.75) is 12.8 Å². The molecule has 72 valence electrons. The first kappa shape index (κ1) is 7.92. The molecular weight excluding hydrogens is 172 g/mol. The van der Waals surface area contributed by atoms with Gasteiger partial charge in [-0.3, -0.25) is 0 Å². The minimum absolute atomic E-state index is 1.16. The van der Waals surface area contributed by atoms with Crippen LogP contribution in [0.5, 0.6) is 0 Å². The van der Waals surface area contributed by atoms with Crippen LogP contribution in [0.15, 0.2) is 24.4 Å². The van der Waals surface area contributed by atoms with Gasteiger partial charge in [0.25, 0.3) is 0 Å². The molecule has 0 saturated carbocycles. The molecular formula is C12H14N2. The molecule has 1 N–H and O–H groups in total. The number of nitrogens with one attached hydrogen (secondary N) is 1. The Hall–Kier alpha value is -1.44. The highest BCUT2D eigenvalue weighted by molar-refractivity contribution is 5.95. The molecule has 1 aliphatic rings. The van der Waals surface area contributed by atoms with E-state index in [0.717, 1.165) is 6.54 Å². The minimum atomic E-state index is 1.16. The number of aromatic nitrogens is 1. The summed E-state index contributed by atoms with van der Waals surface area (Å²) in [6, 6.07) is 6.49. The zero-order valence-electron chi connectivity index (χ0n) is 8.38. The fraction of sp³-hybridized carbons (Fsp3) is 0.333. The van der Waals surface area contributed by atoms with Crippen LogP contribution >= 0.6 is 0 Å². The average Bonchev–Trinajstić information content (AvgIpc) is 2.53. The van der Waals surface area contributed by atoms with Gasteiger partial charge in [0, 0.05) is 36.4 Å². The molecule has 2 heteroatoms. The van der Waals surface area contributed by atoms with E-state index in [4.69, 9.17) is 0 Å². The van der Waals surface area contributed by atoms with Crippen LogP contribution in [0, 0.1) is 0 Å². The molecule has 0 fully saturated rings. The van der Waals surface area contributed by atoms with Crippen molar-refractivity contribution in [1.82, 2.24) is 4.98 Å². The smallest absolute Gasteiger partial charge is 0.0477 e. The first-order valence-electron chi connectivity index (χ1n) is 5.16. The number of benzene rings is 1. The third-order valence-corrected chi connectivity index (χ3v) is 3.12. The fourth-order valence-corrected chi connectivity index (χ4v) is 2.38. The lowest BCUT2D eigenvalue weighted by molar-refractivity contribution is 0.802. The van der Waals surface area contributed by atoms with Gasteiger partial charge in [-0.05, 0) is 30.5 Å². The third-order valence-electron chi connectivity index (χ3n) is 3.12. The fourth-order valence-electron chi connectivity index (χ4n) is 2.38. The molecule has 0 saturated heterocycles. The van der Waals surface area contributed by atoms with Crippen LogP contribution in [0.25, 0.3) is 10.9 Å². The number of rotatable bonds is 0. The van der Waals surface area contributed by atoms with Gasteiger partial charge in [0.2, 0.25) is 0 Å². The molecule has 1 aliphatic heterocycles. The summed E-state index contributed by atoms with van der Waals surface area (Å²) in [4.78, 5) is 5.70. The molecule has 0 spiro atoms. The SMILES string of the molecule is CN1CCCc2c[nH]c3cccc1c23. The van der Waals surface area contributed by atoms with Gasteiger partial charge in [0.05, 0.1) is 0 Å². The topological polar surface area (TPSA) is 19.0 Å². The Morgan fingerprint density at radius 1 is 1.36 bits per heavy atom. The Balaban J connectivity index is 2.38. The van der Waals surface area contributed by atoms with Crippen LogP contribution in [0.4, 0.5) is 5.69 Å². The summed E-state index contributed by atoms with van der Waals surface area (Å²) in [5, 5.41) is 1.42. The second-order valence-electron chi connectivity index (χ2n) is 4.04. The van der Waals surface area contributed by atoms with Gasteiger partial charge in [0.1, 0.15) is 0 Å². The molecule has 0 bridgehead atoms. The summed E-state index contributed by atoms with van der Waals surface area (Å²) in [5.74, 6) is 0. The van der Waals surface area contributed by atoms with E-state index in [9.17, 15) is 0 Å². The van der Waals surface area contributed by atoms with Gasteiger partial charge >= 0.3 is 0 Å². The molecule has 2 nitrogen and oxygen atoms in total. The van der Waals surface area contributed by atoms with Crippen LogP contribution < -0.4 is 4.90 Å². The predicted molar refractivity (Wildman–Crippen MR) is 59.9 cm³/mol. The van der Waals surface area contributed by atoms with E-state index in [-0.39, 0.29) is 0 Å². The molecule has 0 unspecified atom stereocenters. The number of nitrogens with zero attached hydrogens (tertiary/aromatic N) is 1. The maximum absolute atomic E-state index is 3.34. The quantitative estimate of drug-likeness (QED) is 0.670. The predicted octanol–water partition coefficient (Wildman–Crippen LogP) is 2.55. The molecule has 0 amide bonds. The van der Waals surface area contributed by atoms with Crippen LogP contribution in [0.1, 0.15) is 12.0 Å². The summed E-state index contributed by atoms with van der Waals surface area (Å²) < 4.78 is 0. The first-order chi connectivity index (χ1) is 6.86. The number of aryl methyl sites for hydroxylation is 1. The van der Waals surface area contributed by atoms with Crippen molar-refractivity contribution in [3.63, 3.8) is 0 Å². The van der Waals surface area contributed by atoms with Crippen molar-refractivity contribution < 1.29 is 0 Å². The summed E-state index contributed by atoms with van der Waals surface area (Å²) >= 11 is 0. The lowest BCUT2D eigenvalue weighted by Crippen LogP contribution is -2.17. The number of anilines is 1. The standard InChI is InChI=1S/C12H14N2/c1-14-7-3-4-9-8-13-10-5-2-6-11(14)12(9)10/h2,5-6,8,13H,3-4,7H2,1H3. The normalized spacial score (nSPS) is 15.9. The number of aromatic amines is 1. The van der Waals surface area contributed by atoms with E-state index in [1.54, 1.807) is 0 Å². The average molecular weight is 186 g/mol. The van der Waals surface area contributed by atoms with Crippen molar-refractivity contribution in [3.05, 3.63) is 30.0 Å². The molecule has 2 aromatic rings. The highest BCUT2D eigenvalue weighted by Gasteiger charge is 2.14. The summed E-state index contributed by atoms with van der Waals surface area (Å²) in [5.41, 5.74) is 4.11. The molecule has 3 rings (SSSR count). The second kappa shape index (κ2) is 2.77. The zero-order chi connectivity index (χ0) is 9.54. The molecule has 14 heavy (non-hydrogen) atoms. The van der Waals surface area contributed by atoms with Gasteiger partial charge in [-0.25, -0.2) is 0 Å². The van der Waals surface area contributed by atoms with E-state index in [1.165, 1.54) is 35.0 Å². The Morgan fingerprint density at radius 2 is 2.29 bits per heavy atom. The maximum Gasteiger partial charge on any atom is 0.0477 e. The van der Waals surface area contributed by atoms with Gasteiger partial charge in [0.15, 0.2) is 0 Å². The van der Waals surface area contributed by atoms with E-state index >= 15 is 0 Å². The van der Waals surface area contributed by atoms with Gasteiger partial charge in [-0.2, -0.15) is 0 Å². The van der Waals surface area contributed by atoms with E-state index in [1.807, 2.05) is 0 Å². The largest absolute Gasteiger partial charge is 0.374 e. The van der Waals surface area contributed by atoms with Crippen molar-refractivity contribution in [3.8, 4) is 0 Å². The minimum Gasteiger partial charge on any atom is -0.374 e. The van der Waals surface area contributed by atoms with Crippen molar-refractivity contribution in [1.29, 1.82) is 0 Å². The Kier molecular flexibility index (Phi) is 1.57. The molecule has 1 aromatic heterocycles. The third kappa shape index (κ3) is 0.969. The summed E-state index contributed by atoms with van der Waals surface area (Å²) in [7, 11) is 2.18. The molecule has 0 aliphatic carbocycles. The van der Waals surface area contributed by atoms with Gasteiger partial charge in [-0.15, -0.1) is 0 Å². The van der Waals surface area contributed by atoms with Crippen molar-refractivity contribution >= 4 is 16.6 Å². The molecule has 0 atom stereocenters. The highest BCUT2D eigenvalue weighted by atomic mass is 15.1. The molecule has 2 heterocycles. The molecule has 1 aromatic carbocycles. The molecule has 0 radical (unpaired) electrons. The Morgan fingerprint density at radius 3 is 3.21 bits per heavy atom. The monoisotopic (exact) mass is 186 g/mol. The maximum atomic E-state index is 3.34. The van der Waals surface area contributed by atoms with Gasteiger partial charge < -0.3 is 9.88 Å². The summed E-state index contributed by atoms with van der Waals surface area (Å²) in [6.45, 7) is 1.16. The first-order valence-corrected chi connectivity index (χ1v) is 5.16. The Labute approximate surface area is 83.5 Å². The Bertz CT molecular complexity index is 470. The van der Waals surface area contributed by atoms with Crippen molar-refractivity contribution in [2.24, 2.45) is 0 Å². The van der Waals surface area contributed by atoms with Crippen LogP contribution in [0.2, 0.25) is 0 Å². The number of hydrogen-bond donors (Lipinski definition) is 1. The second-order valence-corrected chi connectivity index (χ2v) is 4.04. The van der Waals surface area contributed by atoms with E-state index in [2.05, 4.69) is 41.3 Å². The highest BCUT2D eigenvalue weighted by Crippen LogP contribution is 2.32. The summed E-state index contributed by atoms with van der Waals surface area (Å²) in [6.07, 6.45) is 4.60. The van der Waals surface area contributed by atoms with Crippen LogP contribution in [-0.2, 0) is 6.42 Å². The lowest BCUT2D eigenvalue weighted by atomic mass is 10.1.